The maximum absolute atomic E-state index is 12.3. The van der Waals surface area contributed by atoms with Gasteiger partial charge in [0, 0.05) is 0 Å². The maximum atomic E-state index is 12.3. The van der Waals surface area contributed by atoms with E-state index in [9.17, 15) is 25.2 Å². The van der Waals surface area contributed by atoms with Gasteiger partial charge < -0.3 is 25.7 Å². The predicted molar refractivity (Wildman–Crippen MR) is 141 cm³/mol. The fraction of sp³-hybridized carbons (Fsp3) is 0.821. The highest BCUT2D eigenvalue weighted by atomic mass is 16.3. The lowest BCUT2D eigenvalue weighted by atomic mass is 10.00. The van der Waals surface area contributed by atoms with E-state index in [-0.39, 0.29) is 0 Å². The Morgan fingerprint density at radius 2 is 1.24 bits per heavy atom. The Hall–Kier alpha value is -1.21. The van der Waals surface area contributed by atoms with Gasteiger partial charge in [-0.25, -0.2) is 0 Å². The van der Waals surface area contributed by atoms with Gasteiger partial charge >= 0.3 is 0 Å². The standard InChI is InChI=1S/C28H53NO5/c1-3-5-7-9-11-13-14-16-18-20-22-26(32)28(34)29-24(23-30)27(33)25(31)21-19-17-15-12-10-8-6-4-2/h9,11-12,15,24-27,30-33H,3-8,10,13-14,16-23H2,1-2H3,(H,29,34)/b11-9-,15-12+. The first-order valence-corrected chi connectivity index (χ1v) is 13.7. The fourth-order valence-electron chi connectivity index (χ4n) is 3.79. The van der Waals surface area contributed by atoms with Crippen LogP contribution in [0.4, 0.5) is 0 Å². The molecule has 0 rings (SSSR count). The van der Waals surface area contributed by atoms with Gasteiger partial charge in [0.1, 0.15) is 12.2 Å². The molecule has 200 valence electrons. The van der Waals surface area contributed by atoms with Crippen molar-refractivity contribution in [2.75, 3.05) is 6.61 Å². The van der Waals surface area contributed by atoms with Gasteiger partial charge in [-0.3, -0.25) is 4.79 Å². The second-order valence-electron chi connectivity index (χ2n) is 9.37. The molecule has 0 aromatic carbocycles. The number of unbranched alkanes of at least 4 members (excludes halogenated alkanes) is 10. The Kier molecular flexibility index (Phi) is 22.7. The molecule has 0 spiro atoms. The van der Waals surface area contributed by atoms with Crippen molar-refractivity contribution in [3.05, 3.63) is 24.3 Å². The molecule has 6 heteroatoms. The summed E-state index contributed by atoms with van der Waals surface area (Å²) in [6, 6.07) is -0.999. The van der Waals surface area contributed by atoms with Gasteiger partial charge in [0.15, 0.2) is 0 Å². The van der Waals surface area contributed by atoms with Crippen molar-refractivity contribution < 1.29 is 25.2 Å². The number of hydrogen-bond acceptors (Lipinski definition) is 5. The highest BCUT2D eigenvalue weighted by Crippen LogP contribution is 2.12. The third kappa shape index (κ3) is 18.2. The van der Waals surface area contributed by atoms with E-state index in [0.29, 0.717) is 19.3 Å². The van der Waals surface area contributed by atoms with Gasteiger partial charge in [-0.1, -0.05) is 83.1 Å². The molecule has 0 saturated carbocycles. The van der Waals surface area contributed by atoms with Gasteiger partial charge in [0.25, 0.3) is 0 Å². The Balaban J connectivity index is 4.06. The minimum Gasteiger partial charge on any atom is -0.394 e. The minimum atomic E-state index is -1.28. The third-order valence-electron chi connectivity index (χ3n) is 6.13. The summed E-state index contributed by atoms with van der Waals surface area (Å²) >= 11 is 0. The highest BCUT2D eigenvalue weighted by Gasteiger charge is 2.28. The number of rotatable bonds is 23. The van der Waals surface area contributed by atoms with Crippen LogP contribution in [0.3, 0.4) is 0 Å². The average molecular weight is 484 g/mol. The van der Waals surface area contributed by atoms with E-state index in [2.05, 4.69) is 43.5 Å². The number of aliphatic hydroxyl groups excluding tert-OH is 4. The van der Waals surface area contributed by atoms with Gasteiger partial charge in [0.2, 0.25) is 5.91 Å². The van der Waals surface area contributed by atoms with Crippen molar-refractivity contribution in [2.45, 2.75) is 141 Å². The molecule has 4 unspecified atom stereocenters. The molecule has 0 aromatic rings. The Bertz CT molecular complexity index is 523. The number of carbonyl (C=O) groups is 1. The molecule has 0 bridgehead atoms. The molecule has 5 N–H and O–H groups in total. The van der Waals surface area contributed by atoms with Crippen LogP contribution in [-0.2, 0) is 4.79 Å². The third-order valence-corrected chi connectivity index (χ3v) is 6.13. The van der Waals surface area contributed by atoms with E-state index < -0.39 is 36.9 Å². The molecule has 0 aliphatic carbocycles. The van der Waals surface area contributed by atoms with E-state index in [4.69, 9.17) is 0 Å². The highest BCUT2D eigenvalue weighted by molar-refractivity contribution is 5.80. The summed E-state index contributed by atoms with van der Waals surface area (Å²) in [4.78, 5) is 12.3. The molecule has 4 atom stereocenters. The minimum absolute atomic E-state index is 0.347. The van der Waals surface area contributed by atoms with Crippen molar-refractivity contribution in [3.63, 3.8) is 0 Å². The summed E-state index contributed by atoms with van der Waals surface area (Å²) in [5.74, 6) is -0.612. The molecule has 0 fully saturated rings. The Morgan fingerprint density at radius 1 is 0.706 bits per heavy atom. The summed E-state index contributed by atoms with van der Waals surface area (Å²) < 4.78 is 0. The van der Waals surface area contributed by atoms with Crippen molar-refractivity contribution in [1.82, 2.24) is 5.32 Å². The quantitative estimate of drug-likeness (QED) is 0.104. The van der Waals surface area contributed by atoms with E-state index >= 15 is 0 Å². The van der Waals surface area contributed by atoms with E-state index in [1.165, 1.54) is 32.1 Å². The average Bonchev–Trinajstić information content (AvgIpc) is 2.84. The Labute approximate surface area is 208 Å². The summed E-state index contributed by atoms with van der Waals surface area (Å²) in [6.45, 7) is 3.87. The van der Waals surface area contributed by atoms with Gasteiger partial charge in [0.05, 0.1) is 18.8 Å². The van der Waals surface area contributed by atoms with Crippen LogP contribution >= 0.6 is 0 Å². The molecule has 6 nitrogen and oxygen atoms in total. The van der Waals surface area contributed by atoms with Gasteiger partial charge in [-0.2, -0.15) is 0 Å². The fourth-order valence-corrected chi connectivity index (χ4v) is 3.79. The molecule has 0 saturated heterocycles. The molecule has 0 aliphatic rings. The lowest BCUT2D eigenvalue weighted by Gasteiger charge is -2.27. The molecule has 0 heterocycles. The first-order chi connectivity index (χ1) is 16.5. The number of carbonyl (C=O) groups excluding carboxylic acids is 1. The lowest BCUT2D eigenvalue weighted by molar-refractivity contribution is -0.132. The summed E-state index contributed by atoms with van der Waals surface area (Å²) in [6.07, 6.45) is 20.7. The smallest absolute Gasteiger partial charge is 0.249 e. The van der Waals surface area contributed by atoms with Crippen LogP contribution in [0.1, 0.15) is 117 Å². The number of hydrogen-bond donors (Lipinski definition) is 5. The zero-order valence-corrected chi connectivity index (χ0v) is 21.8. The number of aliphatic hydroxyl groups is 4. The van der Waals surface area contributed by atoms with Crippen molar-refractivity contribution in [1.29, 1.82) is 0 Å². The molecular weight excluding hydrogens is 430 g/mol. The largest absolute Gasteiger partial charge is 0.394 e. The van der Waals surface area contributed by atoms with Crippen LogP contribution in [0.2, 0.25) is 0 Å². The number of amides is 1. The van der Waals surface area contributed by atoms with Crippen molar-refractivity contribution >= 4 is 5.91 Å². The van der Waals surface area contributed by atoms with Crippen molar-refractivity contribution in [3.8, 4) is 0 Å². The second kappa shape index (κ2) is 23.5. The molecule has 34 heavy (non-hydrogen) atoms. The summed E-state index contributed by atoms with van der Waals surface area (Å²) in [5, 5.41) is 42.8. The van der Waals surface area contributed by atoms with Crippen LogP contribution in [0, 0.1) is 0 Å². The summed E-state index contributed by atoms with van der Waals surface area (Å²) in [5.41, 5.74) is 0. The predicted octanol–water partition coefficient (Wildman–Crippen LogP) is 4.94. The molecule has 0 radical (unpaired) electrons. The molecular formula is C28H53NO5. The molecule has 0 aliphatic heterocycles. The first kappa shape index (κ1) is 32.8. The second-order valence-corrected chi connectivity index (χ2v) is 9.37. The number of nitrogens with one attached hydrogen (secondary N) is 1. The SMILES string of the molecule is CCCC/C=C\CCCCCCC(O)C(=O)NC(CO)C(O)C(O)CCC/C=C/CCCCC. The van der Waals surface area contributed by atoms with Crippen LogP contribution < -0.4 is 5.32 Å². The van der Waals surface area contributed by atoms with E-state index in [0.717, 1.165) is 51.4 Å². The molecule has 1 amide bonds. The van der Waals surface area contributed by atoms with Gasteiger partial charge in [-0.15, -0.1) is 0 Å². The summed E-state index contributed by atoms with van der Waals surface area (Å²) in [7, 11) is 0. The van der Waals surface area contributed by atoms with Crippen molar-refractivity contribution in [2.24, 2.45) is 0 Å². The first-order valence-electron chi connectivity index (χ1n) is 13.7. The van der Waals surface area contributed by atoms with E-state index in [1.807, 2.05) is 0 Å². The lowest BCUT2D eigenvalue weighted by Crippen LogP contribution is -2.53. The zero-order valence-electron chi connectivity index (χ0n) is 21.8. The Morgan fingerprint density at radius 3 is 1.82 bits per heavy atom. The van der Waals surface area contributed by atoms with Crippen LogP contribution in [0.5, 0.6) is 0 Å². The van der Waals surface area contributed by atoms with Crippen LogP contribution in [0.15, 0.2) is 24.3 Å². The van der Waals surface area contributed by atoms with Crippen LogP contribution in [0.25, 0.3) is 0 Å². The van der Waals surface area contributed by atoms with E-state index in [1.54, 1.807) is 0 Å². The topological polar surface area (TPSA) is 110 Å². The normalized spacial score (nSPS) is 15.6. The van der Waals surface area contributed by atoms with Crippen LogP contribution in [-0.4, -0.2) is 57.3 Å². The zero-order chi connectivity index (χ0) is 25.4. The van der Waals surface area contributed by atoms with Gasteiger partial charge in [-0.05, 0) is 57.8 Å². The number of allylic oxidation sites excluding steroid dienone is 4. The maximum Gasteiger partial charge on any atom is 0.249 e. The molecule has 0 aromatic heterocycles. The monoisotopic (exact) mass is 483 g/mol.